The molecule has 9 nitrogen and oxygen atoms in total. The lowest BCUT2D eigenvalue weighted by atomic mass is 10.1. The first-order valence-electron chi connectivity index (χ1n) is 9.97. The Kier molecular flexibility index (Phi) is 4.39. The van der Waals surface area contributed by atoms with Gasteiger partial charge >= 0.3 is 0 Å². The molecule has 0 unspecified atom stereocenters. The lowest BCUT2D eigenvalue weighted by Gasteiger charge is -2.18. The molecule has 0 bridgehead atoms. The van der Waals surface area contributed by atoms with Gasteiger partial charge in [0, 0.05) is 12.0 Å². The second-order valence-corrected chi connectivity index (χ2v) is 7.86. The zero-order valence-corrected chi connectivity index (χ0v) is 15.3. The summed E-state index contributed by atoms with van der Waals surface area (Å²) in [5.74, 6) is 2.27. The van der Waals surface area contributed by atoms with Crippen molar-refractivity contribution in [2.45, 2.75) is 75.9 Å². The summed E-state index contributed by atoms with van der Waals surface area (Å²) in [7, 11) is 0. The summed E-state index contributed by atoms with van der Waals surface area (Å²) in [6, 6.07) is 0.260. The number of nitrogens with zero attached hydrogens (tertiary/aromatic N) is 5. The lowest BCUT2D eigenvalue weighted by molar-refractivity contribution is 0.0937. The predicted octanol–water partition coefficient (Wildman–Crippen LogP) is 2.34. The Balaban J connectivity index is 1.25. The van der Waals surface area contributed by atoms with Crippen LogP contribution in [0.15, 0.2) is 9.05 Å². The van der Waals surface area contributed by atoms with Crippen molar-refractivity contribution < 1.29 is 13.8 Å². The summed E-state index contributed by atoms with van der Waals surface area (Å²) in [5.41, 5.74) is 0. The van der Waals surface area contributed by atoms with Crippen LogP contribution in [-0.4, -0.2) is 43.7 Å². The SMILES string of the molecule is O=C(NC1CC1)c1noc([C@@H]2CCCN2Cc2nc(C3CCCC3)no2)n1. The molecule has 3 fully saturated rings. The van der Waals surface area contributed by atoms with E-state index < -0.39 is 0 Å². The lowest BCUT2D eigenvalue weighted by Crippen LogP contribution is -2.27. The Labute approximate surface area is 156 Å². The molecule has 9 heteroatoms. The van der Waals surface area contributed by atoms with E-state index in [2.05, 4.69) is 30.5 Å². The van der Waals surface area contributed by atoms with Gasteiger partial charge < -0.3 is 14.4 Å². The van der Waals surface area contributed by atoms with Gasteiger partial charge in [0.2, 0.25) is 11.8 Å². The van der Waals surface area contributed by atoms with Crippen molar-refractivity contribution in [3.8, 4) is 0 Å². The summed E-state index contributed by atoms with van der Waals surface area (Å²) in [4.78, 5) is 23.2. The molecule has 2 saturated carbocycles. The molecule has 5 rings (SSSR count). The van der Waals surface area contributed by atoms with Gasteiger partial charge in [-0.3, -0.25) is 9.69 Å². The van der Waals surface area contributed by atoms with E-state index in [-0.39, 0.29) is 23.8 Å². The largest absolute Gasteiger partial charge is 0.346 e. The average molecular weight is 372 g/mol. The first kappa shape index (κ1) is 16.9. The van der Waals surface area contributed by atoms with E-state index in [9.17, 15) is 4.79 Å². The van der Waals surface area contributed by atoms with Crippen molar-refractivity contribution in [2.24, 2.45) is 0 Å². The number of carbonyl (C=O) groups excluding carboxylic acids is 1. The van der Waals surface area contributed by atoms with Crippen LogP contribution in [0.4, 0.5) is 0 Å². The molecule has 1 amide bonds. The Morgan fingerprint density at radius 2 is 1.89 bits per heavy atom. The van der Waals surface area contributed by atoms with Crippen LogP contribution in [0.5, 0.6) is 0 Å². The molecule has 1 N–H and O–H groups in total. The normalized spacial score (nSPS) is 23.9. The number of nitrogens with one attached hydrogen (secondary N) is 1. The third-order valence-electron chi connectivity index (χ3n) is 5.75. The van der Waals surface area contributed by atoms with Crippen molar-refractivity contribution in [3.05, 3.63) is 23.4 Å². The molecule has 27 heavy (non-hydrogen) atoms. The maximum Gasteiger partial charge on any atom is 0.292 e. The van der Waals surface area contributed by atoms with Gasteiger partial charge in [0.15, 0.2) is 5.82 Å². The van der Waals surface area contributed by atoms with Crippen LogP contribution >= 0.6 is 0 Å². The number of carbonyl (C=O) groups is 1. The number of likely N-dealkylation sites (tertiary alicyclic amines) is 1. The van der Waals surface area contributed by atoms with Crippen LogP contribution in [0.2, 0.25) is 0 Å². The van der Waals surface area contributed by atoms with Gasteiger partial charge in [-0.05, 0) is 45.1 Å². The summed E-state index contributed by atoms with van der Waals surface area (Å²) in [5, 5.41) is 10.9. The van der Waals surface area contributed by atoms with Crippen molar-refractivity contribution in [2.75, 3.05) is 6.54 Å². The van der Waals surface area contributed by atoms with Crippen molar-refractivity contribution in [1.29, 1.82) is 0 Å². The molecule has 0 radical (unpaired) electrons. The van der Waals surface area contributed by atoms with Crippen LogP contribution in [-0.2, 0) is 6.54 Å². The van der Waals surface area contributed by atoms with Crippen molar-refractivity contribution >= 4 is 5.91 Å². The topological polar surface area (TPSA) is 110 Å². The summed E-state index contributed by atoms with van der Waals surface area (Å²) < 4.78 is 10.9. The van der Waals surface area contributed by atoms with E-state index in [1.165, 1.54) is 12.8 Å². The molecule has 1 atom stereocenters. The number of rotatable bonds is 6. The molecule has 1 aliphatic heterocycles. The quantitative estimate of drug-likeness (QED) is 0.823. The van der Waals surface area contributed by atoms with Gasteiger partial charge in [-0.1, -0.05) is 23.2 Å². The molecule has 0 spiro atoms. The minimum Gasteiger partial charge on any atom is -0.346 e. The molecule has 0 aromatic carbocycles. The maximum absolute atomic E-state index is 12.1. The molecule has 2 aromatic heterocycles. The Hall–Kier alpha value is -2.29. The number of hydrogen-bond donors (Lipinski definition) is 1. The monoisotopic (exact) mass is 372 g/mol. The fourth-order valence-corrected chi connectivity index (χ4v) is 4.09. The molecule has 2 aromatic rings. The molecular formula is C18H24N6O3. The van der Waals surface area contributed by atoms with Crippen LogP contribution < -0.4 is 5.32 Å². The van der Waals surface area contributed by atoms with Crippen LogP contribution in [0.3, 0.4) is 0 Å². The fourth-order valence-electron chi connectivity index (χ4n) is 4.09. The number of hydrogen-bond acceptors (Lipinski definition) is 8. The maximum atomic E-state index is 12.1. The number of aromatic nitrogens is 4. The summed E-state index contributed by atoms with van der Waals surface area (Å²) >= 11 is 0. The van der Waals surface area contributed by atoms with Crippen molar-refractivity contribution in [1.82, 2.24) is 30.5 Å². The average Bonchev–Trinajstić information content (AvgIpc) is 3.21. The smallest absolute Gasteiger partial charge is 0.292 e. The third kappa shape index (κ3) is 3.60. The molecule has 144 valence electrons. The molecule has 2 aliphatic carbocycles. The zero-order valence-electron chi connectivity index (χ0n) is 15.3. The summed E-state index contributed by atoms with van der Waals surface area (Å²) in [6.07, 6.45) is 8.79. The minimum atomic E-state index is -0.254. The predicted molar refractivity (Wildman–Crippen MR) is 92.7 cm³/mol. The molecule has 3 aliphatic rings. The van der Waals surface area contributed by atoms with Gasteiger partial charge in [-0.15, -0.1) is 0 Å². The Morgan fingerprint density at radius 3 is 2.70 bits per heavy atom. The molecule has 1 saturated heterocycles. The van der Waals surface area contributed by atoms with E-state index in [1.807, 2.05) is 0 Å². The standard InChI is InChI=1S/C18H24N6O3/c25-17(19-12-7-8-12)16-21-18(27-23-16)13-6-3-9-24(13)10-14-20-15(22-26-14)11-4-1-2-5-11/h11-13H,1-10H2,(H,19,25)/t13-/m0/s1. The third-order valence-corrected chi connectivity index (χ3v) is 5.75. The van der Waals surface area contributed by atoms with Crippen molar-refractivity contribution in [3.63, 3.8) is 0 Å². The van der Waals surface area contributed by atoms with Gasteiger partial charge in [-0.2, -0.15) is 9.97 Å². The number of amides is 1. The second kappa shape index (κ2) is 7.03. The van der Waals surface area contributed by atoms with Gasteiger partial charge in [0.25, 0.3) is 11.7 Å². The molecular weight excluding hydrogens is 348 g/mol. The van der Waals surface area contributed by atoms with Crippen LogP contribution in [0.1, 0.15) is 91.6 Å². The first-order chi connectivity index (χ1) is 13.3. The summed E-state index contributed by atoms with van der Waals surface area (Å²) in [6.45, 7) is 1.47. The zero-order chi connectivity index (χ0) is 18.2. The van der Waals surface area contributed by atoms with E-state index in [0.29, 0.717) is 24.2 Å². The van der Waals surface area contributed by atoms with Crippen LogP contribution in [0.25, 0.3) is 0 Å². The Morgan fingerprint density at radius 1 is 1.04 bits per heavy atom. The highest BCUT2D eigenvalue weighted by atomic mass is 16.5. The van der Waals surface area contributed by atoms with Gasteiger partial charge in [0.1, 0.15) is 0 Å². The van der Waals surface area contributed by atoms with E-state index >= 15 is 0 Å². The van der Waals surface area contributed by atoms with E-state index in [1.54, 1.807) is 0 Å². The Bertz CT molecular complexity index is 808. The second-order valence-electron chi connectivity index (χ2n) is 7.86. The highest BCUT2D eigenvalue weighted by Crippen LogP contribution is 2.34. The fraction of sp³-hybridized carbons (Fsp3) is 0.722. The van der Waals surface area contributed by atoms with E-state index in [0.717, 1.165) is 50.9 Å². The highest BCUT2D eigenvalue weighted by Gasteiger charge is 2.34. The minimum absolute atomic E-state index is 0.0122. The van der Waals surface area contributed by atoms with E-state index in [4.69, 9.17) is 9.05 Å². The molecule has 3 heterocycles. The van der Waals surface area contributed by atoms with Gasteiger partial charge in [-0.25, -0.2) is 0 Å². The van der Waals surface area contributed by atoms with Gasteiger partial charge in [0.05, 0.1) is 12.6 Å². The van der Waals surface area contributed by atoms with Crippen LogP contribution in [0, 0.1) is 0 Å². The highest BCUT2D eigenvalue weighted by molar-refractivity contribution is 5.90. The first-order valence-corrected chi connectivity index (χ1v) is 9.97.